The Balaban J connectivity index is 2.13. The number of hydrogen-bond acceptors (Lipinski definition) is 10. The number of nitrogens with one attached hydrogen (secondary N) is 4. The molecule has 2 rings (SSSR count). The van der Waals surface area contributed by atoms with E-state index in [0.29, 0.717) is 24.3 Å². The molecule has 1 aromatic carbocycles. The van der Waals surface area contributed by atoms with E-state index in [4.69, 9.17) is 16.3 Å². The molecule has 0 saturated carbocycles. The van der Waals surface area contributed by atoms with E-state index < -0.39 is 41.6 Å². The number of carbonyl (C=O) groups is 5. The maximum absolute atomic E-state index is 13.9. The average Bonchev–Trinajstić information content (AvgIpc) is 3.44. The van der Waals surface area contributed by atoms with E-state index in [9.17, 15) is 29.1 Å². The van der Waals surface area contributed by atoms with Crippen molar-refractivity contribution < 1.29 is 33.8 Å². The van der Waals surface area contributed by atoms with Gasteiger partial charge in [-0.3, -0.25) is 19.2 Å². The third kappa shape index (κ3) is 10.6. The number of likely N-dealkylation sites (N-methyl/N-ethyl adjacent to an activating group) is 2. The molecule has 45 heavy (non-hydrogen) atoms. The van der Waals surface area contributed by atoms with Gasteiger partial charge in [0, 0.05) is 32.1 Å². The van der Waals surface area contributed by atoms with Crippen molar-refractivity contribution in [1.82, 2.24) is 31.2 Å². The van der Waals surface area contributed by atoms with Gasteiger partial charge in [0.15, 0.2) is 0 Å². The predicted molar refractivity (Wildman–Crippen MR) is 167 cm³/mol. The molecule has 1 aliphatic rings. The number of nitrogens with two attached hydrogens (primary N) is 2. The summed E-state index contributed by atoms with van der Waals surface area (Å²) in [5, 5.41) is 21.3. The summed E-state index contributed by atoms with van der Waals surface area (Å²) in [6.07, 6.45) is 2.19. The van der Waals surface area contributed by atoms with E-state index in [0.717, 1.165) is 0 Å². The second kappa shape index (κ2) is 16.6. The van der Waals surface area contributed by atoms with Gasteiger partial charge in [-0.05, 0) is 44.0 Å². The van der Waals surface area contributed by atoms with E-state index >= 15 is 0 Å². The summed E-state index contributed by atoms with van der Waals surface area (Å²) >= 11 is 0. The molecular formula is C30H48N8O7. The lowest BCUT2D eigenvalue weighted by molar-refractivity contribution is -0.144. The summed E-state index contributed by atoms with van der Waals surface area (Å²) in [6.45, 7) is 9.51. The van der Waals surface area contributed by atoms with Gasteiger partial charge >= 0.3 is 5.97 Å². The van der Waals surface area contributed by atoms with Crippen molar-refractivity contribution in [3.8, 4) is 5.75 Å². The minimum Gasteiger partial charge on any atom is -0.487 e. The van der Waals surface area contributed by atoms with Gasteiger partial charge in [-0.1, -0.05) is 32.9 Å². The Morgan fingerprint density at radius 2 is 1.84 bits per heavy atom. The highest BCUT2D eigenvalue weighted by atomic mass is 16.5. The number of hydrogen-bond donors (Lipinski definition) is 7. The standard InChI is InChI=1S/C30H48N8O7/c1-7-34-27(41)24-13-21(15-37(24)28(42)25(30(3,4)5)36-26(40)18(2)33-6)38(32)14-20(31)16-45-22-10-8-19(9-11-22)12-23(29(43)44)35-17-39/h8-11,14,17-18,21,23-25,33H,7,12-13,15-16,31-32H2,1-6H3,(H,34,41)(H,35,39)(H,36,40)(H,43,44)/b20-14-. The lowest BCUT2D eigenvalue weighted by atomic mass is 9.85. The Labute approximate surface area is 264 Å². The van der Waals surface area contributed by atoms with Crippen LogP contribution in [0.1, 0.15) is 46.6 Å². The summed E-state index contributed by atoms with van der Waals surface area (Å²) in [5.41, 5.74) is 6.51. The third-order valence-corrected chi connectivity index (χ3v) is 7.51. The van der Waals surface area contributed by atoms with Crippen LogP contribution in [0.4, 0.5) is 0 Å². The van der Waals surface area contributed by atoms with Crippen LogP contribution in [0.5, 0.6) is 5.75 Å². The third-order valence-electron chi connectivity index (χ3n) is 7.51. The molecule has 15 nitrogen and oxygen atoms in total. The molecular weight excluding hydrogens is 584 g/mol. The van der Waals surface area contributed by atoms with Crippen molar-refractivity contribution in [1.29, 1.82) is 0 Å². The van der Waals surface area contributed by atoms with Crippen LogP contribution in [0.3, 0.4) is 0 Å². The zero-order valence-electron chi connectivity index (χ0n) is 26.8. The number of carboxylic acid groups (broad SMARTS) is 1. The Kier molecular flexibility index (Phi) is 13.6. The first-order valence-corrected chi connectivity index (χ1v) is 14.8. The van der Waals surface area contributed by atoms with Crippen LogP contribution in [-0.2, 0) is 30.4 Å². The molecule has 0 aromatic heterocycles. The molecule has 1 aromatic rings. The zero-order chi connectivity index (χ0) is 33.9. The van der Waals surface area contributed by atoms with E-state index in [1.54, 1.807) is 45.2 Å². The molecule has 1 saturated heterocycles. The fourth-order valence-electron chi connectivity index (χ4n) is 4.78. The molecule has 5 atom stereocenters. The molecule has 0 bridgehead atoms. The molecule has 1 heterocycles. The van der Waals surface area contributed by atoms with Crippen molar-refractivity contribution in [3.63, 3.8) is 0 Å². The molecule has 250 valence electrons. The van der Waals surface area contributed by atoms with Crippen molar-refractivity contribution in [3.05, 3.63) is 41.7 Å². The van der Waals surface area contributed by atoms with Gasteiger partial charge in [0.1, 0.15) is 30.5 Å². The normalized spacial score (nSPS) is 18.7. The van der Waals surface area contributed by atoms with Gasteiger partial charge in [-0.2, -0.15) is 0 Å². The number of hydrazine groups is 1. The van der Waals surface area contributed by atoms with E-state index in [-0.39, 0.29) is 49.4 Å². The second-order valence-electron chi connectivity index (χ2n) is 12.1. The van der Waals surface area contributed by atoms with Crippen LogP contribution in [0.2, 0.25) is 0 Å². The van der Waals surface area contributed by atoms with Gasteiger partial charge in [-0.15, -0.1) is 0 Å². The quantitative estimate of drug-likeness (QED) is 0.0667. The first-order valence-electron chi connectivity index (χ1n) is 14.8. The number of rotatable bonds is 16. The minimum absolute atomic E-state index is 0.0195. The summed E-state index contributed by atoms with van der Waals surface area (Å²) in [7, 11) is 1.65. The highest BCUT2D eigenvalue weighted by Crippen LogP contribution is 2.28. The molecule has 0 spiro atoms. The number of carboxylic acids is 1. The van der Waals surface area contributed by atoms with E-state index in [1.807, 2.05) is 20.8 Å². The molecule has 15 heteroatoms. The fraction of sp³-hybridized carbons (Fsp3) is 0.567. The van der Waals surface area contributed by atoms with Crippen LogP contribution >= 0.6 is 0 Å². The largest absolute Gasteiger partial charge is 0.487 e. The SMILES string of the molecule is CCNC(=O)C1CC(N(N)/C=C(\N)COc2ccc(CC(NC=O)C(=O)O)cc2)CN1C(=O)C(NC(=O)C(C)NC)C(C)(C)C. The Bertz CT molecular complexity index is 1220. The molecule has 0 radical (unpaired) electrons. The van der Waals surface area contributed by atoms with Gasteiger partial charge in [-0.25, -0.2) is 10.6 Å². The smallest absolute Gasteiger partial charge is 0.326 e. The van der Waals surface area contributed by atoms with E-state index in [2.05, 4.69) is 21.3 Å². The molecule has 5 unspecified atom stereocenters. The highest BCUT2D eigenvalue weighted by molar-refractivity contribution is 5.94. The number of nitrogens with zero attached hydrogens (tertiary/aromatic N) is 2. The number of benzene rings is 1. The second-order valence-corrected chi connectivity index (χ2v) is 12.1. The Morgan fingerprint density at radius 3 is 2.38 bits per heavy atom. The van der Waals surface area contributed by atoms with E-state index in [1.165, 1.54) is 16.1 Å². The van der Waals surface area contributed by atoms with Crippen LogP contribution in [0.25, 0.3) is 0 Å². The number of ether oxygens (including phenoxy) is 1. The van der Waals surface area contributed by atoms with Crippen molar-refractivity contribution in [2.24, 2.45) is 17.0 Å². The molecule has 1 aliphatic heterocycles. The summed E-state index contributed by atoms with van der Waals surface area (Å²) < 4.78 is 5.73. The lowest BCUT2D eigenvalue weighted by Gasteiger charge is -2.36. The first-order chi connectivity index (χ1) is 21.1. The Morgan fingerprint density at radius 1 is 1.20 bits per heavy atom. The maximum atomic E-state index is 13.9. The molecule has 1 fully saturated rings. The monoisotopic (exact) mass is 632 g/mol. The summed E-state index contributed by atoms with van der Waals surface area (Å²) in [4.78, 5) is 63.0. The minimum atomic E-state index is -1.14. The zero-order valence-corrected chi connectivity index (χ0v) is 26.8. The van der Waals surface area contributed by atoms with Gasteiger partial charge in [0.25, 0.3) is 0 Å². The fourth-order valence-corrected chi connectivity index (χ4v) is 4.78. The lowest BCUT2D eigenvalue weighted by Crippen LogP contribution is -2.59. The summed E-state index contributed by atoms with van der Waals surface area (Å²) in [5.74, 6) is 4.67. The Hall–Kier alpha value is -4.37. The first kappa shape index (κ1) is 36.8. The van der Waals surface area contributed by atoms with Crippen LogP contribution < -0.4 is 37.6 Å². The number of amides is 4. The molecule has 0 aliphatic carbocycles. The van der Waals surface area contributed by atoms with Gasteiger partial charge in [0.2, 0.25) is 24.1 Å². The highest BCUT2D eigenvalue weighted by Gasteiger charge is 2.45. The number of aliphatic carboxylic acids is 1. The molecule has 9 N–H and O–H groups in total. The van der Waals surface area contributed by atoms with Crippen molar-refractivity contribution in [2.75, 3.05) is 26.7 Å². The predicted octanol–water partition coefficient (Wildman–Crippen LogP) is -0.973. The number of likely N-dealkylation sites (tertiary alicyclic amines) is 1. The molecule has 4 amide bonds. The maximum Gasteiger partial charge on any atom is 0.326 e. The van der Waals surface area contributed by atoms with Crippen molar-refractivity contribution >= 4 is 30.1 Å². The van der Waals surface area contributed by atoms with Crippen LogP contribution in [0.15, 0.2) is 36.2 Å². The summed E-state index contributed by atoms with van der Waals surface area (Å²) in [6, 6.07) is 2.98. The number of carbonyl (C=O) groups excluding carboxylic acids is 4. The topological polar surface area (TPSA) is 221 Å². The van der Waals surface area contributed by atoms with Crippen LogP contribution in [0, 0.1) is 5.41 Å². The average molecular weight is 633 g/mol. The van der Waals surface area contributed by atoms with Crippen molar-refractivity contribution in [2.45, 2.75) is 77.7 Å². The van der Waals surface area contributed by atoms with Gasteiger partial charge in [0.05, 0.1) is 17.8 Å². The van der Waals surface area contributed by atoms with Gasteiger partial charge < -0.3 is 46.8 Å². The van der Waals surface area contributed by atoms with Crippen LogP contribution in [-0.4, -0.2) is 102 Å².